The molecule has 0 heterocycles. The summed E-state index contributed by atoms with van der Waals surface area (Å²) in [5.41, 5.74) is 1.57. The van der Waals surface area contributed by atoms with Crippen molar-refractivity contribution in [3.05, 3.63) is 35.4 Å². The van der Waals surface area contributed by atoms with Crippen LogP contribution in [-0.4, -0.2) is 25.8 Å². The molecule has 1 aromatic carbocycles. The molecule has 0 radical (unpaired) electrons. The van der Waals surface area contributed by atoms with Gasteiger partial charge in [0, 0.05) is 12.6 Å². The number of hydrogen-bond acceptors (Lipinski definition) is 5. The van der Waals surface area contributed by atoms with Crippen LogP contribution in [0.2, 0.25) is 0 Å². The number of oxime groups is 1. The molecule has 0 unspecified atom stereocenters. The first-order valence-corrected chi connectivity index (χ1v) is 4.97. The van der Waals surface area contributed by atoms with Crippen LogP contribution in [0.5, 0.6) is 0 Å². The Morgan fingerprint density at radius 2 is 2.18 bits per heavy atom. The molecule has 0 aromatic heterocycles. The second kappa shape index (κ2) is 6.62. The molecular formula is C11H15N3O3. The van der Waals surface area contributed by atoms with Gasteiger partial charge in [0.25, 0.3) is 5.91 Å². The zero-order chi connectivity index (χ0) is 12.7. The number of carbonyl (C=O) groups is 1. The molecular weight excluding hydrogens is 222 g/mol. The van der Waals surface area contributed by atoms with E-state index in [9.17, 15) is 4.79 Å². The van der Waals surface area contributed by atoms with Crippen molar-refractivity contribution < 1.29 is 14.5 Å². The van der Waals surface area contributed by atoms with Gasteiger partial charge in [-0.15, -0.1) is 0 Å². The molecule has 6 nitrogen and oxygen atoms in total. The van der Waals surface area contributed by atoms with Crippen molar-refractivity contribution in [2.75, 3.05) is 14.2 Å². The van der Waals surface area contributed by atoms with Gasteiger partial charge in [0.15, 0.2) is 5.71 Å². The highest BCUT2D eigenvalue weighted by molar-refractivity contribution is 6.45. The van der Waals surface area contributed by atoms with E-state index < -0.39 is 0 Å². The number of nitrogens with zero attached hydrogens (tertiary/aromatic N) is 1. The minimum atomic E-state index is -0.337. The average Bonchev–Trinajstić information content (AvgIpc) is 2.36. The molecule has 0 aliphatic carbocycles. The van der Waals surface area contributed by atoms with Gasteiger partial charge in [-0.2, -0.15) is 0 Å². The molecule has 17 heavy (non-hydrogen) atoms. The Bertz CT molecular complexity index is 418. The van der Waals surface area contributed by atoms with Crippen molar-refractivity contribution in [3.8, 4) is 0 Å². The summed E-state index contributed by atoms with van der Waals surface area (Å²) in [6, 6.07) is 7.17. The standard InChI is InChI=1S/C11H15N3O3/c1-13-11(15)10(14-16-2)9-6-4-3-5-8(9)7-17-12/h3-6H,7,12H2,1-2H3,(H,13,15)/b14-10+. The third kappa shape index (κ3) is 3.27. The van der Waals surface area contributed by atoms with Crippen molar-refractivity contribution in [2.24, 2.45) is 11.1 Å². The molecule has 92 valence electrons. The van der Waals surface area contributed by atoms with Crippen molar-refractivity contribution in [1.29, 1.82) is 0 Å². The number of likely N-dealkylation sites (N-methyl/N-ethyl adjacent to an activating group) is 1. The molecule has 0 saturated carbocycles. The summed E-state index contributed by atoms with van der Waals surface area (Å²) >= 11 is 0. The Kier molecular flexibility index (Phi) is 5.12. The van der Waals surface area contributed by atoms with Crippen LogP contribution in [0.25, 0.3) is 0 Å². The molecule has 0 bridgehead atoms. The maximum absolute atomic E-state index is 11.7. The first-order valence-electron chi connectivity index (χ1n) is 4.97. The Hall–Kier alpha value is -1.92. The van der Waals surface area contributed by atoms with Crippen molar-refractivity contribution >= 4 is 11.6 Å². The summed E-state index contributed by atoms with van der Waals surface area (Å²) in [6.45, 7) is 0.190. The van der Waals surface area contributed by atoms with Crippen LogP contribution >= 0.6 is 0 Å². The Morgan fingerprint density at radius 1 is 1.47 bits per heavy atom. The zero-order valence-electron chi connectivity index (χ0n) is 9.77. The maximum atomic E-state index is 11.7. The lowest BCUT2D eigenvalue weighted by molar-refractivity contribution is -0.114. The van der Waals surface area contributed by atoms with E-state index in [1.807, 2.05) is 6.07 Å². The third-order valence-corrected chi connectivity index (χ3v) is 2.14. The van der Waals surface area contributed by atoms with Crippen LogP contribution in [0, 0.1) is 0 Å². The quantitative estimate of drug-likeness (QED) is 0.564. The van der Waals surface area contributed by atoms with Crippen LogP contribution in [0.15, 0.2) is 29.4 Å². The molecule has 1 rings (SSSR count). The Morgan fingerprint density at radius 3 is 2.76 bits per heavy atom. The number of nitrogens with one attached hydrogen (secondary N) is 1. The minimum absolute atomic E-state index is 0.183. The van der Waals surface area contributed by atoms with E-state index in [4.69, 9.17) is 5.90 Å². The summed E-state index contributed by atoms with van der Waals surface area (Å²) in [5, 5.41) is 6.21. The number of rotatable bonds is 5. The van der Waals surface area contributed by atoms with Crippen LogP contribution in [0.1, 0.15) is 11.1 Å². The first-order chi connectivity index (χ1) is 8.24. The highest BCUT2D eigenvalue weighted by atomic mass is 16.6. The van der Waals surface area contributed by atoms with Crippen LogP contribution in [0.4, 0.5) is 0 Å². The van der Waals surface area contributed by atoms with E-state index >= 15 is 0 Å². The summed E-state index contributed by atoms with van der Waals surface area (Å²) < 4.78 is 0. The summed E-state index contributed by atoms with van der Waals surface area (Å²) in [7, 11) is 2.90. The SMILES string of the molecule is CNC(=O)/C(=N/OC)c1ccccc1CON. The van der Waals surface area contributed by atoms with E-state index in [0.717, 1.165) is 5.56 Å². The minimum Gasteiger partial charge on any atom is -0.398 e. The van der Waals surface area contributed by atoms with E-state index in [1.165, 1.54) is 14.2 Å². The van der Waals surface area contributed by atoms with E-state index in [1.54, 1.807) is 18.2 Å². The molecule has 0 aliphatic rings. The van der Waals surface area contributed by atoms with E-state index in [-0.39, 0.29) is 18.2 Å². The fourth-order valence-corrected chi connectivity index (χ4v) is 1.39. The van der Waals surface area contributed by atoms with Gasteiger partial charge in [-0.1, -0.05) is 29.4 Å². The molecule has 0 fully saturated rings. The Balaban J connectivity index is 3.18. The Labute approximate surface area is 99.3 Å². The van der Waals surface area contributed by atoms with Crippen molar-refractivity contribution in [3.63, 3.8) is 0 Å². The average molecular weight is 237 g/mol. The molecule has 1 amide bonds. The predicted octanol–water partition coefficient (Wildman–Crippen LogP) is 0.173. The zero-order valence-corrected chi connectivity index (χ0v) is 9.77. The van der Waals surface area contributed by atoms with Crippen molar-refractivity contribution in [1.82, 2.24) is 5.32 Å². The molecule has 0 atom stereocenters. The highest BCUT2D eigenvalue weighted by Gasteiger charge is 2.16. The number of carbonyl (C=O) groups excluding carboxylic acids is 1. The number of hydrogen-bond donors (Lipinski definition) is 2. The number of nitrogens with two attached hydrogens (primary N) is 1. The molecule has 1 aromatic rings. The number of benzene rings is 1. The van der Waals surface area contributed by atoms with Gasteiger partial charge in [-0.3, -0.25) is 9.63 Å². The largest absolute Gasteiger partial charge is 0.398 e. The lowest BCUT2D eigenvalue weighted by Crippen LogP contribution is -2.29. The highest BCUT2D eigenvalue weighted by Crippen LogP contribution is 2.11. The fourth-order valence-electron chi connectivity index (χ4n) is 1.39. The van der Waals surface area contributed by atoms with Gasteiger partial charge in [-0.05, 0) is 5.56 Å². The van der Waals surface area contributed by atoms with Gasteiger partial charge < -0.3 is 10.2 Å². The second-order valence-electron chi connectivity index (χ2n) is 3.17. The summed E-state index contributed by atoms with van der Waals surface area (Å²) in [5.74, 6) is 4.70. The lowest BCUT2D eigenvalue weighted by atomic mass is 10.0. The predicted molar refractivity (Wildman–Crippen MR) is 63.0 cm³/mol. The van der Waals surface area contributed by atoms with Gasteiger partial charge in [0.1, 0.15) is 7.11 Å². The summed E-state index contributed by atoms with van der Waals surface area (Å²) in [6.07, 6.45) is 0. The first kappa shape index (κ1) is 13.1. The van der Waals surface area contributed by atoms with E-state index in [2.05, 4.69) is 20.1 Å². The monoisotopic (exact) mass is 237 g/mol. The number of amides is 1. The van der Waals surface area contributed by atoms with Gasteiger partial charge in [0.2, 0.25) is 0 Å². The maximum Gasteiger partial charge on any atom is 0.273 e. The normalized spacial score (nSPS) is 11.1. The van der Waals surface area contributed by atoms with Crippen molar-refractivity contribution in [2.45, 2.75) is 6.61 Å². The van der Waals surface area contributed by atoms with Gasteiger partial charge >= 0.3 is 0 Å². The van der Waals surface area contributed by atoms with Gasteiger partial charge in [-0.25, -0.2) is 5.90 Å². The second-order valence-corrected chi connectivity index (χ2v) is 3.17. The molecule has 0 saturated heterocycles. The summed E-state index contributed by atoms with van der Waals surface area (Å²) in [4.78, 5) is 20.9. The fraction of sp³-hybridized carbons (Fsp3) is 0.273. The van der Waals surface area contributed by atoms with Crippen LogP contribution in [0.3, 0.4) is 0 Å². The molecule has 6 heteroatoms. The topological polar surface area (TPSA) is 85.9 Å². The van der Waals surface area contributed by atoms with E-state index in [0.29, 0.717) is 5.56 Å². The van der Waals surface area contributed by atoms with Crippen LogP contribution in [-0.2, 0) is 21.1 Å². The van der Waals surface area contributed by atoms with Crippen LogP contribution < -0.4 is 11.2 Å². The lowest BCUT2D eigenvalue weighted by Gasteiger charge is -2.09. The molecule has 0 aliphatic heterocycles. The van der Waals surface area contributed by atoms with Gasteiger partial charge in [0.05, 0.1) is 6.61 Å². The molecule has 3 N–H and O–H groups in total. The smallest absolute Gasteiger partial charge is 0.273 e. The molecule has 0 spiro atoms. The third-order valence-electron chi connectivity index (χ3n) is 2.14.